The van der Waals surface area contributed by atoms with Gasteiger partial charge in [-0.1, -0.05) is 30.3 Å². The number of nitrogens with one attached hydrogen (secondary N) is 2. The number of aromatic nitrogens is 1. The normalized spacial score (nSPS) is 33.2. The van der Waals surface area contributed by atoms with Crippen molar-refractivity contribution in [2.75, 3.05) is 18.8 Å². The summed E-state index contributed by atoms with van der Waals surface area (Å²) in [7, 11) is 0. The minimum Gasteiger partial charge on any atom is -0.481 e. The second kappa shape index (κ2) is 10.9. The number of amides is 1. The Bertz CT molecular complexity index is 1200. The second-order valence-electron chi connectivity index (χ2n) is 12.5. The number of aliphatic hydroxyl groups is 1. The monoisotopic (exact) mass is 549 g/mol. The summed E-state index contributed by atoms with van der Waals surface area (Å²) < 4.78 is 0. The van der Waals surface area contributed by atoms with E-state index in [0.29, 0.717) is 34.9 Å². The van der Waals surface area contributed by atoms with E-state index in [9.17, 15) is 19.8 Å². The Balaban J connectivity index is 1.26. The van der Waals surface area contributed by atoms with E-state index in [1.54, 1.807) is 11.8 Å². The number of hydrogen-bond acceptors (Lipinski definition) is 6. The van der Waals surface area contributed by atoms with E-state index < -0.39 is 17.0 Å². The van der Waals surface area contributed by atoms with Crippen molar-refractivity contribution in [1.82, 2.24) is 15.6 Å². The molecule has 208 valence electrons. The zero-order valence-electron chi connectivity index (χ0n) is 22.4. The minimum atomic E-state index is -0.829. The van der Waals surface area contributed by atoms with Gasteiger partial charge in [0, 0.05) is 29.4 Å². The van der Waals surface area contributed by atoms with Crippen LogP contribution in [0.4, 0.5) is 0 Å². The predicted octanol–water partition coefficient (Wildman–Crippen LogP) is 4.18. The maximum atomic E-state index is 13.8. The zero-order chi connectivity index (χ0) is 27.0. The molecule has 4 aliphatic carbocycles. The molecule has 2 unspecified atom stereocenters. The summed E-state index contributed by atoms with van der Waals surface area (Å²) in [5.41, 5.74) is 1.44. The molecule has 4 N–H and O–H groups in total. The average Bonchev–Trinajstić information content (AvgIpc) is 2.90. The smallest absolute Gasteiger partial charge is 0.304 e. The molecular weight excluding hydrogens is 510 g/mol. The lowest BCUT2D eigenvalue weighted by Crippen LogP contribution is -2.61. The Hall–Kier alpha value is -2.42. The molecule has 4 saturated carbocycles. The van der Waals surface area contributed by atoms with Crippen molar-refractivity contribution in [2.24, 2.45) is 17.8 Å². The third kappa shape index (κ3) is 5.61. The van der Waals surface area contributed by atoms with Gasteiger partial charge in [-0.3, -0.25) is 9.59 Å². The van der Waals surface area contributed by atoms with E-state index >= 15 is 0 Å². The molecule has 1 aliphatic heterocycles. The van der Waals surface area contributed by atoms with Gasteiger partial charge in [-0.2, -0.15) is 0 Å². The van der Waals surface area contributed by atoms with Crippen LogP contribution in [-0.2, 0) is 16.6 Å². The molecule has 1 aromatic carbocycles. The van der Waals surface area contributed by atoms with E-state index in [4.69, 9.17) is 4.98 Å². The van der Waals surface area contributed by atoms with Crippen LogP contribution >= 0.6 is 11.8 Å². The first-order chi connectivity index (χ1) is 18.8. The van der Waals surface area contributed by atoms with Crippen LogP contribution in [0.3, 0.4) is 0 Å². The number of carboxylic acids is 1. The van der Waals surface area contributed by atoms with Gasteiger partial charge in [-0.05, 0) is 93.4 Å². The lowest BCUT2D eigenvalue weighted by atomic mass is 9.52. The summed E-state index contributed by atoms with van der Waals surface area (Å²) in [6.45, 7) is 1.45. The van der Waals surface area contributed by atoms with Crippen LogP contribution in [0.5, 0.6) is 0 Å². The molecule has 39 heavy (non-hydrogen) atoms. The highest BCUT2D eigenvalue weighted by molar-refractivity contribution is 7.99. The lowest BCUT2D eigenvalue weighted by Gasteiger charge is -2.58. The van der Waals surface area contributed by atoms with E-state index in [0.717, 1.165) is 69.4 Å². The van der Waals surface area contributed by atoms with Gasteiger partial charge < -0.3 is 20.8 Å². The lowest BCUT2D eigenvalue weighted by molar-refractivity contribution is -0.138. The predicted molar refractivity (Wildman–Crippen MR) is 151 cm³/mol. The average molecular weight is 550 g/mol. The molecular formula is C31H39N3O4S. The van der Waals surface area contributed by atoms with Crippen molar-refractivity contribution >= 4 is 23.6 Å². The number of nitrogens with zero attached hydrogens (tertiary/aromatic N) is 1. The molecule has 1 aromatic heterocycles. The molecule has 8 heteroatoms. The molecule has 3 atom stereocenters. The number of rotatable bonds is 9. The van der Waals surface area contributed by atoms with E-state index in [2.05, 4.69) is 22.8 Å². The molecule has 5 aliphatic rings. The zero-order valence-corrected chi connectivity index (χ0v) is 23.2. The van der Waals surface area contributed by atoms with Crippen molar-refractivity contribution in [2.45, 2.75) is 79.9 Å². The fraction of sp³-hybridized carbons (Fsp3) is 0.581. The third-order valence-corrected chi connectivity index (χ3v) is 10.6. The molecule has 7 rings (SSSR count). The number of aliphatic carboxylic acids is 1. The summed E-state index contributed by atoms with van der Waals surface area (Å²) >= 11 is 1.58. The largest absolute Gasteiger partial charge is 0.481 e. The van der Waals surface area contributed by atoms with Crippen molar-refractivity contribution in [3.63, 3.8) is 0 Å². The first-order valence-corrected chi connectivity index (χ1v) is 15.5. The molecule has 4 bridgehead atoms. The van der Waals surface area contributed by atoms with E-state index in [-0.39, 0.29) is 18.4 Å². The van der Waals surface area contributed by atoms with Crippen LogP contribution in [-0.4, -0.2) is 57.6 Å². The summed E-state index contributed by atoms with van der Waals surface area (Å²) in [5.74, 6) is 1.09. The van der Waals surface area contributed by atoms with Crippen molar-refractivity contribution < 1.29 is 19.8 Å². The molecule has 1 saturated heterocycles. The first kappa shape index (κ1) is 26.8. The molecule has 2 aromatic rings. The number of pyridine rings is 1. The van der Waals surface area contributed by atoms with Gasteiger partial charge in [0.25, 0.3) is 5.91 Å². The topological polar surface area (TPSA) is 112 Å². The Labute approximate surface area is 234 Å². The number of thioether (sulfide) groups is 1. The maximum Gasteiger partial charge on any atom is 0.304 e. The highest BCUT2D eigenvalue weighted by Crippen LogP contribution is 2.55. The SMILES string of the molecule is O=C(O)C[C@@]1(c2ccc(C(=O)NC3C4CC5CC3CC(O)(C5)C4)c(SCCc3ccccc3)n2)CCCNC1. The molecule has 0 spiro atoms. The van der Waals surface area contributed by atoms with Gasteiger partial charge in [0.15, 0.2) is 0 Å². The van der Waals surface area contributed by atoms with Gasteiger partial charge in [-0.15, -0.1) is 11.8 Å². The van der Waals surface area contributed by atoms with Crippen LogP contribution in [0, 0.1) is 17.8 Å². The standard InChI is InChI=1S/C31H39N3O4S/c35-26(36)18-30(10-4-11-32-19-30)25-8-7-24(29(33-25)39-12-9-20-5-2-1-3-6-20)28(37)34-27-22-13-21-14-23(27)17-31(38,15-21)16-22/h1-3,5-8,21-23,27,32,38H,4,9-19H2,(H,34,37)(H,35,36)/t21?,22?,23?,27?,30-,31?/m0/s1. The summed E-state index contributed by atoms with van der Waals surface area (Å²) in [6.07, 6.45) is 7.18. The molecule has 5 fully saturated rings. The third-order valence-electron chi connectivity index (χ3n) is 9.62. The molecule has 2 heterocycles. The quantitative estimate of drug-likeness (QED) is 0.347. The number of carboxylic acid groups (broad SMARTS) is 1. The number of carbonyl (C=O) groups excluding carboxylic acids is 1. The maximum absolute atomic E-state index is 13.8. The highest BCUT2D eigenvalue weighted by atomic mass is 32.2. The number of hydrogen-bond donors (Lipinski definition) is 4. The highest BCUT2D eigenvalue weighted by Gasteiger charge is 2.55. The molecule has 0 radical (unpaired) electrons. The van der Waals surface area contributed by atoms with Crippen LogP contribution in [0.1, 0.15) is 73.0 Å². The fourth-order valence-electron chi connectivity index (χ4n) is 8.09. The summed E-state index contributed by atoms with van der Waals surface area (Å²) in [5, 5.41) is 28.1. The second-order valence-corrected chi connectivity index (χ2v) is 13.5. The van der Waals surface area contributed by atoms with Gasteiger partial charge in [0.2, 0.25) is 0 Å². The number of benzene rings is 1. The van der Waals surface area contributed by atoms with Crippen molar-refractivity contribution in [3.05, 3.63) is 59.3 Å². The minimum absolute atomic E-state index is 0.0160. The van der Waals surface area contributed by atoms with Crippen LogP contribution < -0.4 is 10.6 Å². The van der Waals surface area contributed by atoms with Gasteiger partial charge >= 0.3 is 5.97 Å². The fourth-order valence-corrected chi connectivity index (χ4v) is 9.10. The summed E-state index contributed by atoms with van der Waals surface area (Å²) in [6, 6.07) is 14.1. The number of piperidine rings is 1. The van der Waals surface area contributed by atoms with Gasteiger partial charge in [0.05, 0.1) is 17.6 Å². The van der Waals surface area contributed by atoms with Crippen LogP contribution in [0.25, 0.3) is 0 Å². The Morgan fingerprint density at radius 2 is 1.85 bits per heavy atom. The Kier molecular flexibility index (Phi) is 7.46. The van der Waals surface area contributed by atoms with E-state index in [1.807, 2.05) is 30.3 Å². The van der Waals surface area contributed by atoms with Crippen molar-refractivity contribution in [1.29, 1.82) is 0 Å². The van der Waals surface area contributed by atoms with Gasteiger partial charge in [-0.25, -0.2) is 4.98 Å². The first-order valence-electron chi connectivity index (χ1n) is 14.5. The Morgan fingerprint density at radius 3 is 2.51 bits per heavy atom. The van der Waals surface area contributed by atoms with Crippen LogP contribution in [0.15, 0.2) is 47.5 Å². The van der Waals surface area contributed by atoms with E-state index in [1.165, 1.54) is 5.56 Å². The van der Waals surface area contributed by atoms with Crippen molar-refractivity contribution in [3.8, 4) is 0 Å². The summed E-state index contributed by atoms with van der Waals surface area (Å²) in [4.78, 5) is 30.7. The molecule has 1 amide bonds. The molecule has 7 nitrogen and oxygen atoms in total. The number of carbonyl (C=O) groups is 2. The number of aryl methyl sites for hydroxylation is 1. The Morgan fingerprint density at radius 1 is 1.08 bits per heavy atom. The van der Waals surface area contributed by atoms with Crippen LogP contribution in [0.2, 0.25) is 0 Å². The van der Waals surface area contributed by atoms with Gasteiger partial charge in [0.1, 0.15) is 5.03 Å².